The summed E-state index contributed by atoms with van der Waals surface area (Å²) in [6.45, 7) is 3.99. The molecule has 6 aromatic carbocycles. The van der Waals surface area contributed by atoms with Crippen molar-refractivity contribution in [3.05, 3.63) is 176 Å². The number of fused-ring (bicyclic) bond motifs is 3. The molecule has 0 spiro atoms. The Morgan fingerprint density at radius 3 is 1.70 bits per heavy atom. The first kappa shape index (κ1) is 30.7. The molecule has 50 heavy (non-hydrogen) atoms. The molecular weight excluding hydrogens is 613 g/mol. The molecule has 2 heterocycles. The van der Waals surface area contributed by atoms with E-state index < -0.39 is 0 Å². The monoisotopic (exact) mass is 646 g/mol. The molecule has 8 aromatic rings. The molecule has 240 valence electrons. The lowest BCUT2D eigenvalue weighted by Gasteiger charge is -2.25. The van der Waals surface area contributed by atoms with Gasteiger partial charge in [-0.15, -0.1) is 0 Å². The summed E-state index contributed by atoms with van der Waals surface area (Å²) in [6, 6.07) is 52.1. The van der Waals surface area contributed by atoms with Crippen LogP contribution in [0.1, 0.15) is 19.7 Å². The molecule has 0 N–H and O–H groups in total. The maximum atomic E-state index is 6.87. The highest BCUT2D eigenvalue weighted by atomic mass is 16.3. The number of anilines is 3. The number of nitrogens with zero attached hydrogens (tertiary/aromatic N) is 4. The van der Waals surface area contributed by atoms with Gasteiger partial charge in [-0.1, -0.05) is 127 Å². The first-order valence-electron chi connectivity index (χ1n) is 16.8. The van der Waals surface area contributed by atoms with Crippen molar-refractivity contribution < 1.29 is 4.42 Å². The third-order valence-electron chi connectivity index (χ3n) is 8.79. The van der Waals surface area contributed by atoms with Gasteiger partial charge in [-0.05, 0) is 61.9 Å². The van der Waals surface area contributed by atoms with E-state index in [0.717, 1.165) is 66.8 Å². The van der Waals surface area contributed by atoms with Crippen LogP contribution in [0.4, 0.5) is 17.1 Å². The molecule has 0 unspecified atom stereocenters. The van der Waals surface area contributed by atoms with E-state index in [1.165, 1.54) is 0 Å². The Bertz CT molecular complexity index is 2460. The Kier molecular flexibility index (Phi) is 8.29. The van der Waals surface area contributed by atoms with Gasteiger partial charge in [0.05, 0.1) is 5.56 Å². The summed E-state index contributed by atoms with van der Waals surface area (Å²) in [5, 5.41) is 2.04. The van der Waals surface area contributed by atoms with Gasteiger partial charge in [0.15, 0.2) is 17.5 Å². The second kappa shape index (κ2) is 13.5. The van der Waals surface area contributed by atoms with Crippen molar-refractivity contribution >= 4 is 44.6 Å². The Hall–Kier alpha value is -6.59. The zero-order valence-electron chi connectivity index (χ0n) is 27.9. The van der Waals surface area contributed by atoms with Crippen molar-refractivity contribution in [1.29, 1.82) is 0 Å². The van der Waals surface area contributed by atoms with E-state index >= 15 is 0 Å². The quantitative estimate of drug-likeness (QED) is 0.154. The fraction of sp³-hybridized carbons (Fsp3) is 0.0444. The largest absolute Gasteiger partial charge is 0.455 e. The van der Waals surface area contributed by atoms with Crippen LogP contribution in [-0.2, 0) is 0 Å². The predicted molar refractivity (Wildman–Crippen MR) is 207 cm³/mol. The van der Waals surface area contributed by atoms with Crippen LogP contribution >= 0.6 is 0 Å². The third-order valence-corrected chi connectivity index (χ3v) is 8.79. The minimum absolute atomic E-state index is 0.562. The molecule has 0 aliphatic rings. The Labute approximate surface area is 291 Å². The van der Waals surface area contributed by atoms with Gasteiger partial charge in [0, 0.05) is 44.5 Å². The molecule has 2 aromatic heterocycles. The Morgan fingerprint density at radius 1 is 0.520 bits per heavy atom. The highest BCUT2D eigenvalue weighted by molar-refractivity contribution is 6.12. The fourth-order valence-electron chi connectivity index (χ4n) is 6.46. The Morgan fingerprint density at radius 2 is 1.06 bits per heavy atom. The average molecular weight is 647 g/mol. The lowest BCUT2D eigenvalue weighted by atomic mass is 10.0. The molecule has 8 rings (SSSR count). The average Bonchev–Trinajstić information content (AvgIpc) is 3.57. The van der Waals surface area contributed by atoms with Crippen LogP contribution in [0.5, 0.6) is 0 Å². The minimum Gasteiger partial charge on any atom is -0.455 e. The summed E-state index contributed by atoms with van der Waals surface area (Å²) >= 11 is 0. The number of benzene rings is 6. The Balaban J connectivity index is 1.29. The van der Waals surface area contributed by atoms with Crippen LogP contribution in [-0.4, -0.2) is 15.0 Å². The topological polar surface area (TPSA) is 55.1 Å². The molecule has 0 atom stereocenters. The second-order valence-corrected chi connectivity index (χ2v) is 11.9. The molecule has 0 bridgehead atoms. The summed E-state index contributed by atoms with van der Waals surface area (Å²) in [7, 11) is 0. The van der Waals surface area contributed by atoms with Gasteiger partial charge in [0.2, 0.25) is 0 Å². The zero-order valence-corrected chi connectivity index (χ0v) is 27.9. The van der Waals surface area contributed by atoms with Crippen molar-refractivity contribution in [3.8, 4) is 33.9 Å². The number of rotatable bonds is 8. The van der Waals surface area contributed by atoms with Crippen LogP contribution in [0.3, 0.4) is 0 Å². The number of aromatic nitrogens is 3. The van der Waals surface area contributed by atoms with E-state index in [-0.39, 0.29) is 0 Å². The van der Waals surface area contributed by atoms with Crippen molar-refractivity contribution in [2.24, 2.45) is 0 Å². The summed E-state index contributed by atoms with van der Waals surface area (Å²) in [5.74, 6) is 1.79. The molecule has 0 aliphatic carbocycles. The highest BCUT2D eigenvalue weighted by Gasteiger charge is 2.20. The third kappa shape index (κ3) is 5.75. The summed E-state index contributed by atoms with van der Waals surface area (Å²) in [6.07, 6.45) is 6.04. The van der Waals surface area contributed by atoms with E-state index in [4.69, 9.17) is 19.4 Å². The molecule has 0 radical (unpaired) electrons. The molecule has 0 aliphatic heterocycles. The van der Waals surface area contributed by atoms with E-state index in [2.05, 4.69) is 102 Å². The number of hydrogen-bond acceptors (Lipinski definition) is 5. The maximum absolute atomic E-state index is 6.87. The van der Waals surface area contributed by atoms with E-state index in [1.54, 1.807) is 0 Å². The molecule has 0 amide bonds. The predicted octanol–water partition coefficient (Wildman–Crippen LogP) is 12.2. The van der Waals surface area contributed by atoms with Gasteiger partial charge in [0.1, 0.15) is 11.2 Å². The number of furan rings is 1. The van der Waals surface area contributed by atoms with Crippen molar-refractivity contribution in [2.75, 3.05) is 4.90 Å². The van der Waals surface area contributed by atoms with Crippen LogP contribution in [0.15, 0.2) is 174 Å². The highest BCUT2D eigenvalue weighted by Crippen LogP contribution is 2.41. The van der Waals surface area contributed by atoms with E-state index in [9.17, 15) is 0 Å². The SMILES string of the molecule is CC=CC(=CC)c1nc(-c2ccccc2)nc(-c2cccc3c2oc2c(-c4cccc(N(c5ccccc5)c5ccccc5)c4)cccc23)n1. The summed E-state index contributed by atoms with van der Waals surface area (Å²) in [5.41, 5.74) is 9.52. The van der Waals surface area contributed by atoms with Crippen LogP contribution in [0.2, 0.25) is 0 Å². The van der Waals surface area contributed by atoms with Gasteiger partial charge in [-0.2, -0.15) is 0 Å². The minimum atomic E-state index is 0.562. The van der Waals surface area contributed by atoms with Gasteiger partial charge >= 0.3 is 0 Å². The van der Waals surface area contributed by atoms with Gasteiger partial charge in [-0.3, -0.25) is 0 Å². The summed E-state index contributed by atoms with van der Waals surface area (Å²) < 4.78 is 6.87. The second-order valence-electron chi connectivity index (χ2n) is 11.9. The first-order chi connectivity index (χ1) is 24.7. The van der Waals surface area contributed by atoms with Crippen molar-refractivity contribution in [3.63, 3.8) is 0 Å². The number of para-hydroxylation sites is 4. The van der Waals surface area contributed by atoms with Crippen molar-refractivity contribution in [1.82, 2.24) is 15.0 Å². The molecular formula is C45H34N4O. The lowest BCUT2D eigenvalue weighted by molar-refractivity contribution is 0.670. The van der Waals surface area contributed by atoms with E-state index in [1.807, 2.05) is 86.7 Å². The van der Waals surface area contributed by atoms with Crippen LogP contribution in [0, 0.1) is 0 Å². The van der Waals surface area contributed by atoms with Gasteiger partial charge < -0.3 is 9.32 Å². The molecule has 5 heteroatoms. The molecule has 0 fully saturated rings. The molecule has 0 saturated heterocycles. The fourth-order valence-corrected chi connectivity index (χ4v) is 6.46. The number of allylic oxidation sites excluding steroid dienone is 4. The van der Waals surface area contributed by atoms with Crippen molar-refractivity contribution in [2.45, 2.75) is 13.8 Å². The smallest absolute Gasteiger partial charge is 0.167 e. The van der Waals surface area contributed by atoms with Crippen LogP contribution in [0.25, 0.3) is 61.4 Å². The zero-order chi connectivity index (χ0) is 33.9. The van der Waals surface area contributed by atoms with Gasteiger partial charge in [0.25, 0.3) is 0 Å². The lowest BCUT2D eigenvalue weighted by Crippen LogP contribution is -2.09. The van der Waals surface area contributed by atoms with Gasteiger partial charge in [-0.25, -0.2) is 15.0 Å². The maximum Gasteiger partial charge on any atom is 0.167 e. The normalized spacial score (nSPS) is 11.8. The molecule has 5 nitrogen and oxygen atoms in total. The number of hydrogen-bond donors (Lipinski definition) is 0. The standard InChI is InChI=1S/C45H34N4O/c1-3-17-31(4-2)43-46-44(32-18-8-5-9-19-32)48-45(47-43)40-29-16-28-39-38-27-15-26-37(41(38)50-42(39)40)33-20-14-25-36(30-33)49(34-21-10-6-11-22-34)35-23-12-7-13-24-35/h3-30H,1-2H3. The first-order valence-corrected chi connectivity index (χ1v) is 16.8. The molecule has 0 saturated carbocycles. The van der Waals surface area contributed by atoms with Crippen LogP contribution < -0.4 is 4.90 Å². The summed E-state index contributed by atoms with van der Waals surface area (Å²) in [4.78, 5) is 17.2. The van der Waals surface area contributed by atoms with E-state index in [0.29, 0.717) is 17.5 Å².